The Morgan fingerprint density at radius 1 is 1.45 bits per heavy atom. The van der Waals surface area contributed by atoms with E-state index in [4.69, 9.17) is 9.26 Å². The van der Waals surface area contributed by atoms with Crippen LogP contribution in [0.3, 0.4) is 0 Å². The number of rotatable bonds is 4. The van der Waals surface area contributed by atoms with Crippen LogP contribution in [0.5, 0.6) is 0 Å². The van der Waals surface area contributed by atoms with Gasteiger partial charge in [0.05, 0.1) is 6.10 Å². The molecule has 22 heavy (non-hydrogen) atoms. The van der Waals surface area contributed by atoms with Crippen molar-refractivity contribution in [2.24, 2.45) is 16.3 Å². The highest BCUT2D eigenvalue weighted by Gasteiger charge is 2.59. The molecule has 0 bridgehead atoms. The summed E-state index contributed by atoms with van der Waals surface area (Å²) in [5.41, 5.74) is 0.125. The number of hydrogen-bond acceptors (Lipinski definition) is 5. The molecule has 3 rings (SSSR count). The highest BCUT2D eigenvalue weighted by molar-refractivity contribution is 5.80. The summed E-state index contributed by atoms with van der Waals surface area (Å²) in [6.45, 7) is 10.4. The molecule has 0 aromatic carbocycles. The van der Waals surface area contributed by atoms with E-state index in [1.54, 1.807) is 6.92 Å². The summed E-state index contributed by atoms with van der Waals surface area (Å²) in [5, 5.41) is 10.7. The van der Waals surface area contributed by atoms with Crippen molar-refractivity contribution in [1.29, 1.82) is 0 Å². The lowest BCUT2D eigenvalue weighted by molar-refractivity contribution is -0.106. The Bertz CT molecular complexity index is 554. The second-order valence-corrected chi connectivity index (χ2v) is 6.61. The molecule has 2 fully saturated rings. The minimum atomic E-state index is 0.125. The standard InChI is InChI=1S/C15H25N5O2/c1-5-16-14(17-8-11-18-9(2)22-20-11)19-12-10-6-7-21-13(10)15(12,3)4/h10,12-13H,5-8H2,1-4H3,(H2,16,17,19). The Balaban J connectivity index is 1.66. The maximum absolute atomic E-state index is 5.84. The first kappa shape index (κ1) is 15.3. The Labute approximate surface area is 130 Å². The summed E-state index contributed by atoms with van der Waals surface area (Å²) >= 11 is 0. The fourth-order valence-corrected chi connectivity index (χ4v) is 3.64. The second-order valence-electron chi connectivity index (χ2n) is 6.61. The van der Waals surface area contributed by atoms with E-state index in [-0.39, 0.29) is 5.41 Å². The molecule has 1 aliphatic heterocycles. The van der Waals surface area contributed by atoms with Crippen LogP contribution in [0.2, 0.25) is 0 Å². The third-order valence-electron chi connectivity index (χ3n) is 4.69. The molecule has 1 aromatic rings. The second kappa shape index (κ2) is 5.87. The quantitative estimate of drug-likeness (QED) is 0.643. The van der Waals surface area contributed by atoms with Gasteiger partial charge in [0.1, 0.15) is 6.54 Å². The number of aryl methyl sites for hydroxylation is 1. The predicted molar refractivity (Wildman–Crippen MR) is 82.4 cm³/mol. The van der Waals surface area contributed by atoms with Gasteiger partial charge in [0.2, 0.25) is 5.89 Å². The van der Waals surface area contributed by atoms with E-state index >= 15 is 0 Å². The van der Waals surface area contributed by atoms with Gasteiger partial charge in [0.15, 0.2) is 11.8 Å². The number of ether oxygens (including phenoxy) is 1. The topological polar surface area (TPSA) is 84.6 Å². The molecular formula is C15H25N5O2. The van der Waals surface area contributed by atoms with Crippen molar-refractivity contribution in [3.05, 3.63) is 11.7 Å². The highest BCUT2D eigenvalue weighted by Crippen LogP contribution is 2.52. The molecule has 2 N–H and O–H groups in total. The molecule has 2 heterocycles. The molecule has 122 valence electrons. The van der Waals surface area contributed by atoms with E-state index < -0.39 is 0 Å². The van der Waals surface area contributed by atoms with Crippen LogP contribution in [0.25, 0.3) is 0 Å². The van der Waals surface area contributed by atoms with Crippen LogP contribution in [-0.4, -0.2) is 41.4 Å². The lowest BCUT2D eigenvalue weighted by atomic mass is 9.57. The average Bonchev–Trinajstić information content (AvgIpc) is 3.09. The molecule has 1 saturated heterocycles. The first-order valence-electron chi connectivity index (χ1n) is 7.98. The minimum Gasteiger partial charge on any atom is -0.377 e. The molecular weight excluding hydrogens is 282 g/mol. The first-order valence-corrected chi connectivity index (χ1v) is 7.98. The number of aromatic nitrogens is 2. The van der Waals surface area contributed by atoms with Gasteiger partial charge in [0, 0.05) is 37.5 Å². The SMILES string of the molecule is CCNC(=NCc1noc(C)n1)NC1C2CCOC2C1(C)C. The van der Waals surface area contributed by atoms with Crippen LogP contribution < -0.4 is 10.6 Å². The number of hydrogen-bond donors (Lipinski definition) is 2. The van der Waals surface area contributed by atoms with Gasteiger partial charge < -0.3 is 19.9 Å². The van der Waals surface area contributed by atoms with Crippen molar-refractivity contribution in [3.8, 4) is 0 Å². The van der Waals surface area contributed by atoms with Gasteiger partial charge in [-0.05, 0) is 13.3 Å². The van der Waals surface area contributed by atoms with Gasteiger partial charge in [-0.3, -0.25) is 0 Å². The van der Waals surface area contributed by atoms with E-state index in [9.17, 15) is 0 Å². The number of aliphatic imine (C=N–C) groups is 1. The van der Waals surface area contributed by atoms with Gasteiger partial charge in [-0.1, -0.05) is 19.0 Å². The Kier molecular flexibility index (Phi) is 4.08. The van der Waals surface area contributed by atoms with E-state index in [0.717, 1.165) is 25.5 Å². The largest absolute Gasteiger partial charge is 0.377 e. The zero-order valence-corrected chi connectivity index (χ0v) is 13.7. The van der Waals surface area contributed by atoms with Crippen LogP contribution >= 0.6 is 0 Å². The molecule has 1 aromatic heterocycles. The van der Waals surface area contributed by atoms with Gasteiger partial charge in [-0.2, -0.15) is 4.98 Å². The molecule has 3 atom stereocenters. The highest BCUT2D eigenvalue weighted by atomic mass is 16.5. The van der Waals surface area contributed by atoms with Crippen molar-refractivity contribution in [1.82, 2.24) is 20.8 Å². The molecule has 3 unspecified atom stereocenters. The summed E-state index contributed by atoms with van der Waals surface area (Å²) in [4.78, 5) is 8.74. The van der Waals surface area contributed by atoms with Crippen LogP contribution in [0, 0.1) is 18.3 Å². The molecule has 7 nitrogen and oxygen atoms in total. The van der Waals surface area contributed by atoms with E-state index in [1.807, 2.05) is 0 Å². The van der Waals surface area contributed by atoms with Gasteiger partial charge >= 0.3 is 0 Å². The third-order valence-corrected chi connectivity index (χ3v) is 4.69. The minimum absolute atomic E-state index is 0.125. The maximum Gasteiger partial charge on any atom is 0.223 e. The first-order chi connectivity index (χ1) is 10.5. The van der Waals surface area contributed by atoms with Crippen LogP contribution in [0.1, 0.15) is 38.9 Å². The Morgan fingerprint density at radius 2 is 2.27 bits per heavy atom. The van der Waals surface area contributed by atoms with Gasteiger partial charge in [-0.25, -0.2) is 4.99 Å². The average molecular weight is 307 g/mol. The molecule has 0 amide bonds. The number of fused-ring (bicyclic) bond motifs is 1. The zero-order chi connectivity index (χ0) is 15.7. The third kappa shape index (κ3) is 2.69. The smallest absolute Gasteiger partial charge is 0.223 e. The fraction of sp³-hybridized carbons (Fsp3) is 0.800. The van der Waals surface area contributed by atoms with E-state index in [0.29, 0.717) is 36.3 Å². The van der Waals surface area contributed by atoms with Crippen LogP contribution in [0.4, 0.5) is 0 Å². The van der Waals surface area contributed by atoms with Crippen molar-refractivity contribution in [2.75, 3.05) is 13.2 Å². The fourth-order valence-electron chi connectivity index (χ4n) is 3.64. The lowest BCUT2D eigenvalue weighted by Gasteiger charge is -2.54. The molecule has 0 spiro atoms. The normalized spacial score (nSPS) is 29.8. The Hall–Kier alpha value is -1.63. The summed E-state index contributed by atoms with van der Waals surface area (Å²) < 4.78 is 10.8. The monoisotopic (exact) mass is 307 g/mol. The Morgan fingerprint density at radius 3 is 2.95 bits per heavy atom. The molecule has 7 heteroatoms. The van der Waals surface area contributed by atoms with E-state index in [1.165, 1.54) is 0 Å². The van der Waals surface area contributed by atoms with Crippen molar-refractivity contribution < 1.29 is 9.26 Å². The van der Waals surface area contributed by atoms with Crippen molar-refractivity contribution >= 4 is 5.96 Å². The summed E-state index contributed by atoms with van der Waals surface area (Å²) in [5.74, 6) is 2.54. The summed E-state index contributed by atoms with van der Waals surface area (Å²) in [6, 6.07) is 0.379. The molecule has 1 saturated carbocycles. The maximum atomic E-state index is 5.84. The van der Waals surface area contributed by atoms with Crippen molar-refractivity contribution in [3.63, 3.8) is 0 Å². The van der Waals surface area contributed by atoms with Crippen LogP contribution in [0.15, 0.2) is 9.52 Å². The summed E-state index contributed by atoms with van der Waals surface area (Å²) in [6.07, 6.45) is 1.49. The molecule has 2 aliphatic rings. The van der Waals surface area contributed by atoms with E-state index in [2.05, 4.69) is 46.5 Å². The number of nitrogens with one attached hydrogen (secondary N) is 2. The van der Waals surface area contributed by atoms with Gasteiger partial charge in [0.25, 0.3) is 0 Å². The summed E-state index contributed by atoms with van der Waals surface area (Å²) in [7, 11) is 0. The van der Waals surface area contributed by atoms with Crippen molar-refractivity contribution in [2.45, 2.75) is 52.8 Å². The lowest BCUT2D eigenvalue weighted by Crippen LogP contribution is -2.67. The van der Waals surface area contributed by atoms with Crippen LogP contribution in [-0.2, 0) is 11.3 Å². The number of nitrogens with zero attached hydrogens (tertiary/aromatic N) is 3. The van der Waals surface area contributed by atoms with Gasteiger partial charge in [-0.15, -0.1) is 0 Å². The molecule has 0 radical (unpaired) electrons. The zero-order valence-electron chi connectivity index (χ0n) is 13.7. The predicted octanol–water partition coefficient (Wildman–Crippen LogP) is 1.25. The number of guanidine groups is 1. The molecule has 1 aliphatic carbocycles.